The van der Waals surface area contributed by atoms with Gasteiger partial charge in [0.1, 0.15) is 17.7 Å². The summed E-state index contributed by atoms with van der Waals surface area (Å²) in [5.41, 5.74) is 2.38. The van der Waals surface area contributed by atoms with E-state index in [4.69, 9.17) is 4.74 Å². The van der Waals surface area contributed by atoms with Gasteiger partial charge in [-0.2, -0.15) is 0 Å². The van der Waals surface area contributed by atoms with Crippen molar-refractivity contribution in [3.05, 3.63) is 64.5 Å². The van der Waals surface area contributed by atoms with Gasteiger partial charge in [0, 0.05) is 11.1 Å². The Labute approximate surface area is 118 Å². The number of aliphatic hydroxyl groups is 1. The molecule has 0 heterocycles. The summed E-state index contributed by atoms with van der Waals surface area (Å²) in [4.78, 5) is 0. The van der Waals surface area contributed by atoms with Gasteiger partial charge in [0.25, 0.3) is 0 Å². The monoisotopic (exact) mass is 274 g/mol. The van der Waals surface area contributed by atoms with Gasteiger partial charge in [-0.25, -0.2) is 4.39 Å². The first-order valence-electron chi connectivity index (χ1n) is 6.71. The Morgan fingerprint density at radius 1 is 1.15 bits per heavy atom. The van der Waals surface area contributed by atoms with E-state index in [0.29, 0.717) is 23.5 Å². The fraction of sp³-hybridized carbons (Fsp3) is 0.294. The summed E-state index contributed by atoms with van der Waals surface area (Å²) in [6.45, 7) is 5.99. The van der Waals surface area contributed by atoms with Gasteiger partial charge in [-0.1, -0.05) is 29.8 Å². The first-order valence-corrected chi connectivity index (χ1v) is 6.71. The van der Waals surface area contributed by atoms with Crippen LogP contribution in [0.5, 0.6) is 5.75 Å². The normalized spacial score (nSPS) is 12.2. The van der Waals surface area contributed by atoms with Gasteiger partial charge in [-0.15, -0.1) is 0 Å². The molecule has 0 aliphatic rings. The number of aliphatic hydroxyl groups excluding tert-OH is 1. The predicted molar refractivity (Wildman–Crippen MR) is 77.5 cm³/mol. The second-order valence-electron chi connectivity index (χ2n) is 4.85. The van der Waals surface area contributed by atoms with Gasteiger partial charge in [0.2, 0.25) is 0 Å². The molecular weight excluding hydrogens is 255 g/mol. The molecule has 0 aliphatic carbocycles. The van der Waals surface area contributed by atoms with Gasteiger partial charge in [0.05, 0.1) is 6.61 Å². The van der Waals surface area contributed by atoms with Crippen molar-refractivity contribution in [1.82, 2.24) is 0 Å². The molecule has 1 N–H and O–H groups in total. The smallest absolute Gasteiger partial charge is 0.132 e. The molecule has 0 radical (unpaired) electrons. The second kappa shape index (κ2) is 6.06. The largest absolute Gasteiger partial charge is 0.493 e. The third-order valence-electron chi connectivity index (χ3n) is 3.28. The van der Waals surface area contributed by atoms with Crippen molar-refractivity contribution >= 4 is 0 Å². The number of benzene rings is 2. The second-order valence-corrected chi connectivity index (χ2v) is 4.85. The lowest BCUT2D eigenvalue weighted by Crippen LogP contribution is -2.07. The van der Waals surface area contributed by atoms with Gasteiger partial charge in [-0.05, 0) is 38.5 Å². The van der Waals surface area contributed by atoms with Crippen LogP contribution in [0.25, 0.3) is 0 Å². The van der Waals surface area contributed by atoms with Gasteiger partial charge < -0.3 is 9.84 Å². The Morgan fingerprint density at radius 3 is 2.60 bits per heavy atom. The van der Waals surface area contributed by atoms with E-state index in [1.54, 1.807) is 25.1 Å². The van der Waals surface area contributed by atoms with Crippen molar-refractivity contribution in [2.24, 2.45) is 0 Å². The maximum Gasteiger partial charge on any atom is 0.132 e. The highest BCUT2D eigenvalue weighted by molar-refractivity contribution is 5.43. The van der Waals surface area contributed by atoms with E-state index in [0.717, 1.165) is 5.56 Å². The third kappa shape index (κ3) is 2.83. The molecule has 0 aromatic heterocycles. The zero-order valence-corrected chi connectivity index (χ0v) is 12.0. The lowest BCUT2D eigenvalue weighted by Gasteiger charge is -2.18. The van der Waals surface area contributed by atoms with E-state index in [2.05, 4.69) is 0 Å². The minimum atomic E-state index is -1.03. The van der Waals surface area contributed by atoms with Crippen LogP contribution >= 0.6 is 0 Å². The summed E-state index contributed by atoms with van der Waals surface area (Å²) >= 11 is 0. The fourth-order valence-electron chi connectivity index (χ4n) is 2.22. The van der Waals surface area contributed by atoms with Gasteiger partial charge in [-0.3, -0.25) is 0 Å². The standard InChI is InChI=1S/C17H19FO2/c1-4-20-15-9-8-11(2)10-14(15)17(19)13-7-5-6-12(3)16(13)18/h5-10,17,19H,4H2,1-3H3. The molecule has 2 rings (SSSR count). The number of rotatable bonds is 4. The fourth-order valence-corrected chi connectivity index (χ4v) is 2.22. The molecular formula is C17H19FO2. The molecule has 1 atom stereocenters. The Hall–Kier alpha value is -1.87. The van der Waals surface area contributed by atoms with Crippen LogP contribution in [0.2, 0.25) is 0 Å². The Morgan fingerprint density at radius 2 is 1.90 bits per heavy atom. The molecule has 2 nitrogen and oxygen atoms in total. The molecule has 0 bridgehead atoms. The molecule has 0 fully saturated rings. The van der Waals surface area contributed by atoms with Gasteiger partial charge >= 0.3 is 0 Å². The van der Waals surface area contributed by atoms with E-state index >= 15 is 0 Å². The molecule has 2 aromatic rings. The van der Waals surface area contributed by atoms with E-state index in [9.17, 15) is 9.50 Å². The van der Waals surface area contributed by atoms with Crippen LogP contribution in [0.1, 0.15) is 35.3 Å². The van der Waals surface area contributed by atoms with Crippen LogP contribution < -0.4 is 4.74 Å². The summed E-state index contributed by atoms with van der Waals surface area (Å²) in [5.74, 6) is 0.218. The number of aryl methyl sites for hydroxylation is 2. The predicted octanol–water partition coefficient (Wildman–Crippen LogP) is 3.92. The van der Waals surface area contributed by atoms with E-state index in [-0.39, 0.29) is 11.4 Å². The number of halogens is 1. The highest BCUT2D eigenvalue weighted by Crippen LogP contribution is 2.32. The molecule has 0 spiro atoms. The summed E-state index contributed by atoms with van der Waals surface area (Å²) in [7, 11) is 0. The molecule has 1 unspecified atom stereocenters. The van der Waals surface area contributed by atoms with E-state index in [1.807, 2.05) is 32.0 Å². The first kappa shape index (κ1) is 14.5. The molecule has 0 aliphatic heterocycles. The molecule has 2 aromatic carbocycles. The lowest BCUT2D eigenvalue weighted by atomic mass is 9.97. The summed E-state index contributed by atoms with van der Waals surface area (Å²) in [6, 6.07) is 10.6. The molecule has 3 heteroatoms. The SMILES string of the molecule is CCOc1ccc(C)cc1C(O)c1cccc(C)c1F. The number of hydrogen-bond acceptors (Lipinski definition) is 2. The van der Waals surface area contributed by atoms with Crippen LogP contribution in [0, 0.1) is 19.7 Å². The zero-order chi connectivity index (χ0) is 14.7. The first-order chi connectivity index (χ1) is 9.54. The topological polar surface area (TPSA) is 29.5 Å². The van der Waals surface area contributed by atoms with E-state index < -0.39 is 6.10 Å². The summed E-state index contributed by atoms with van der Waals surface area (Å²) < 4.78 is 19.7. The van der Waals surface area contributed by atoms with Crippen LogP contribution in [-0.4, -0.2) is 11.7 Å². The van der Waals surface area contributed by atoms with Crippen LogP contribution in [0.4, 0.5) is 4.39 Å². The third-order valence-corrected chi connectivity index (χ3v) is 3.28. The Balaban J connectivity index is 2.49. The number of hydrogen-bond donors (Lipinski definition) is 1. The van der Waals surface area contributed by atoms with Crippen molar-refractivity contribution in [3.8, 4) is 5.75 Å². The van der Waals surface area contributed by atoms with Crippen molar-refractivity contribution in [2.45, 2.75) is 26.9 Å². The lowest BCUT2D eigenvalue weighted by molar-refractivity contribution is 0.207. The molecule has 0 saturated heterocycles. The highest BCUT2D eigenvalue weighted by Gasteiger charge is 2.20. The molecule has 20 heavy (non-hydrogen) atoms. The Kier molecular flexibility index (Phi) is 4.40. The highest BCUT2D eigenvalue weighted by atomic mass is 19.1. The summed E-state index contributed by atoms with van der Waals surface area (Å²) in [5, 5.41) is 10.5. The minimum absolute atomic E-state index is 0.275. The van der Waals surface area contributed by atoms with Crippen LogP contribution in [0.3, 0.4) is 0 Å². The van der Waals surface area contributed by atoms with Crippen molar-refractivity contribution in [3.63, 3.8) is 0 Å². The maximum absolute atomic E-state index is 14.2. The maximum atomic E-state index is 14.2. The molecule has 106 valence electrons. The minimum Gasteiger partial charge on any atom is -0.493 e. The number of ether oxygens (including phenoxy) is 1. The average molecular weight is 274 g/mol. The van der Waals surface area contributed by atoms with Crippen molar-refractivity contribution in [2.75, 3.05) is 6.61 Å². The average Bonchev–Trinajstić information content (AvgIpc) is 2.43. The quantitative estimate of drug-likeness (QED) is 0.915. The van der Waals surface area contributed by atoms with Gasteiger partial charge in [0.15, 0.2) is 0 Å². The Bertz CT molecular complexity index is 608. The van der Waals surface area contributed by atoms with Crippen molar-refractivity contribution in [1.29, 1.82) is 0 Å². The van der Waals surface area contributed by atoms with Crippen molar-refractivity contribution < 1.29 is 14.2 Å². The zero-order valence-electron chi connectivity index (χ0n) is 12.0. The van der Waals surface area contributed by atoms with Crippen LogP contribution in [-0.2, 0) is 0 Å². The van der Waals surface area contributed by atoms with E-state index in [1.165, 1.54) is 0 Å². The molecule has 0 amide bonds. The molecule has 0 saturated carbocycles. The van der Waals surface area contributed by atoms with Crippen LogP contribution in [0.15, 0.2) is 36.4 Å². The summed E-state index contributed by atoms with van der Waals surface area (Å²) in [6.07, 6.45) is -1.03.